The minimum Gasteiger partial charge on any atom is -0.545 e. The summed E-state index contributed by atoms with van der Waals surface area (Å²) in [5, 5.41) is 11.7. The Labute approximate surface area is 422 Å². The van der Waals surface area contributed by atoms with Crippen molar-refractivity contribution in [3.8, 4) is 0 Å². The minimum atomic E-state index is -1.62. The lowest BCUT2D eigenvalue weighted by Crippen LogP contribution is -2.44. The molecule has 2 unspecified atom stereocenters. The van der Waals surface area contributed by atoms with Gasteiger partial charge in [0.25, 0.3) is 0 Å². The van der Waals surface area contributed by atoms with E-state index in [1.54, 1.807) is 0 Å². The highest BCUT2D eigenvalue weighted by atomic mass is 16.7. The first-order chi connectivity index (χ1) is 33.6. The second kappa shape index (κ2) is 50.3. The van der Waals surface area contributed by atoms with Gasteiger partial charge in [-0.3, -0.25) is 9.59 Å². The van der Waals surface area contributed by atoms with Crippen molar-refractivity contribution in [1.29, 1.82) is 0 Å². The number of carboxylic acid groups (broad SMARTS) is 1. The third kappa shape index (κ3) is 51.6. The van der Waals surface area contributed by atoms with Crippen LogP contribution in [0.25, 0.3) is 0 Å². The third-order valence-corrected chi connectivity index (χ3v) is 11.0. The highest BCUT2D eigenvalue weighted by molar-refractivity contribution is 5.70. The number of hydrogen-bond acceptors (Lipinski definition) is 8. The highest BCUT2D eigenvalue weighted by Gasteiger charge is 2.21. The van der Waals surface area contributed by atoms with Gasteiger partial charge in [-0.15, -0.1) is 0 Å². The molecule has 0 aliphatic carbocycles. The number of likely N-dealkylation sites (N-methyl/N-ethyl adjacent to an activating group) is 1. The van der Waals surface area contributed by atoms with E-state index in [4.69, 9.17) is 18.9 Å². The van der Waals surface area contributed by atoms with Crippen LogP contribution in [-0.4, -0.2) is 82.3 Å². The lowest BCUT2D eigenvalue weighted by molar-refractivity contribution is -0.870. The molecule has 392 valence electrons. The number of carbonyl (C=O) groups is 3. The van der Waals surface area contributed by atoms with Crippen molar-refractivity contribution in [2.75, 3.05) is 47.5 Å². The number of ether oxygens (including phenoxy) is 4. The Balaban J connectivity index is 3.99. The number of quaternary nitrogens is 1. The first-order valence-electron chi connectivity index (χ1n) is 27.0. The Morgan fingerprint density at radius 3 is 1.23 bits per heavy atom. The van der Waals surface area contributed by atoms with Crippen LogP contribution in [-0.2, 0) is 33.3 Å². The zero-order valence-corrected chi connectivity index (χ0v) is 44.4. The molecule has 2 atom stereocenters. The number of rotatable bonds is 48. The molecule has 9 heteroatoms. The fourth-order valence-corrected chi connectivity index (χ4v) is 6.88. The van der Waals surface area contributed by atoms with Crippen molar-refractivity contribution in [2.24, 2.45) is 0 Å². The first kappa shape index (κ1) is 65.0. The average Bonchev–Trinajstić information content (AvgIpc) is 3.31. The van der Waals surface area contributed by atoms with Gasteiger partial charge in [-0.1, -0.05) is 207 Å². The molecular formula is C60H99NO8. The van der Waals surface area contributed by atoms with E-state index >= 15 is 0 Å². The van der Waals surface area contributed by atoms with Gasteiger partial charge in [0.1, 0.15) is 13.2 Å². The summed E-state index contributed by atoms with van der Waals surface area (Å²) in [6.45, 7) is 4.50. The molecule has 0 heterocycles. The Hall–Kier alpha value is -4.05. The minimum absolute atomic E-state index is 0.143. The highest BCUT2D eigenvalue weighted by Crippen LogP contribution is 2.14. The monoisotopic (exact) mass is 962 g/mol. The third-order valence-electron chi connectivity index (χ3n) is 11.0. The summed E-state index contributed by atoms with van der Waals surface area (Å²) in [5.41, 5.74) is 0. The molecule has 0 fully saturated rings. The van der Waals surface area contributed by atoms with Crippen molar-refractivity contribution in [2.45, 2.75) is 206 Å². The molecular weight excluding hydrogens is 863 g/mol. The van der Waals surface area contributed by atoms with E-state index in [1.807, 2.05) is 21.1 Å². The molecule has 0 radical (unpaired) electrons. The second-order valence-electron chi connectivity index (χ2n) is 18.8. The summed E-state index contributed by atoms with van der Waals surface area (Å²) in [6.07, 6.45) is 66.3. The maximum atomic E-state index is 12.7. The zero-order chi connectivity index (χ0) is 50.6. The lowest BCUT2D eigenvalue weighted by atomic mass is 10.0. The molecule has 0 saturated heterocycles. The molecule has 69 heavy (non-hydrogen) atoms. The molecule has 0 bridgehead atoms. The number of hydrogen-bond donors (Lipinski definition) is 0. The SMILES string of the molecule is CC/C=C\C/C=C\C/C=C\C/C=C\C/C=C\C/C=C\C/C=C\C/C=C\C/C=C\CCCCCCCCCCCCCC(=O)OC(COC(=O)CCCCCCC)COC(OCC[N+](C)(C)C)C(=O)[O-]. The Morgan fingerprint density at radius 1 is 0.449 bits per heavy atom. The fourth-order valence-electron chi connectivity index (χ4n) is 6.88. The summed E-state index contributed by atoms with van der Waals surface area (Å²) in [5.74, 6) is -2.31. The number of carboxylic acids is 1. The van der Waals surface area contributed by atoms with Gasteiger partial charge in [0.15, 0.2) is 12.4 Å². The van der Waals surface area contributed by atoms with E-state index in [0.29, 0.717) is 17.4 Å². The topological polar surface area (TPSA) is 111 Å². The normalized spacial score (nSPS) is 13.7. The van der Waals surface area contributed by atoms with Crippen molar-refractivity contribution in [1.82, 2.24) is 0 Å². The van der Waals surface area contributed by atoms with Crippen LogP contribution in [0, 0.1) is 0 Å². The molecule has 0 aliphatic rings. The van der Waals surface area contributed by atoms with E-state index in [2.05, 4.69) is 123 Å². The Kier molecular flexibility index (Phi) is 47.4. The smallest absolute Gasteiger partial charge is 0.306 e. The van der Waals surface area contributed by atoms with Gasteiger partial charge in [-0.25, -0.2) is 0 Å². The average molecular weight is 962 g/mol. The van der Waals surface area contributed by atoms with Crippen molar-refractivity contribution >= 4 is 17.9 Å². The van der Waals surface area contributed by atoms with E-state index < -0.39 is 24.3 Å². The van der Waals surface area contributed by atoms with Crippen molar-refractivity contribution < 1.29 is 42.9 Å². The maximum Gasteiger partial charge on any atom is 0.306 e. The van der Waals surface area contributed by atoms with E-state index in [1.165, 1.54) is 44.9 Å². The molecule has 0 saturated carbocycles. The van der Waals surface area contributed by atoms with Gasteiger partial charge in [-0.05, 0) is 83.5 Å². The quantitative estimate of drug-likeness (QED) is 0.0195. The number of esters is 2. The molecule has 0 aromatic heterocycles. The summed E-state index contributed by atoms with van der Waals surface area (Å²) < 4.78 is 22.4. The number of carbonyl (C=O) groups excluding carboxylic acids is 3. The van der Waals surface area contributed by atoms with E-state index in [0.717, 1.165) is 116 Å². The van der Waals surface area contributed by atoms with Crippen LogP contribution >= 0.6 is 0 Å². The Bertz CT molecular complexity index is 1490. The van der Waals surface area contributed by atoms with Gasteiger partial charge >= 0.3 is 11.9 Å². The molecule has 0 aliphatic heterocycles. The second-order valence-corrected chi connectivity index (χ2v) is 18.8. The van der Waals surface area contributed by atoms with Crippen LogP contribution in [0.15, 0.2) is 109 Å². The number of unbranched alkanes of at least 4 members (excludes halogenated alkanes) is 15. The van der Waals surface area contributed by atoms with Crippen LogP contribution in [0.3, 0.4) is 0 Å². The van der Waals surface area contributed by atoms with Crippen molar-refractivity contribution in [3.05, 3.63) is 109 Å². The predicted octanol–water partition coefficient (Wildman–Crippen LogP) is 14.2. The van der Waals surface area contributed by atoms with Crippen LogP contribution in [0.1, 0.15) is 194 Å². The predicted molar refractivity (Wildman–Crippen MR) is 287 cm³/mol. The summed E-state index contributed by atoms with van der Waals surface area (Å²) in [4.78, 5) is 36.7. The van der Waals surface area contributed by atoms with Gasteiger partial charge in [0.2, 0.25) is 0 Å². The maximum absolute atomic E-state index is 12.7. The van der Waals surface area contributed by atoms with Gasteiger partial charge < -0.3 is 33.3 Å². The van der Waals surface area contributed by atoms with Gasteiger partial charge in [-0.2, -0.15) is 0 Å². The summed E-state index contributed by atoms with van der Waals surface area (Å²) in [6, 6.07) is 0. The fraction of sp³-hybridized carbons (Fsp3) is 0.650. The lowest BCUT2D eigenvalue weighted by Gasteiger charge is -2.26. The van der Waals surface area contributed by atoms with Crippen molar-refractivity contribution in [3.63, 3.8) is 0 Å². The largest absolute Gasteiger partial charge is 0.545 e. The standard InChI is InChI=1S/C60H99NO8/c1-6-8-10-12-13-14-15-16-17-18-19-20-21-22-23-24-25-26-27-28-29-30-31-32-33-34-35-36-37-38-39-40-41-42-43-44-45-47-49-51-58(63)69-56(54-67-57(62)50-48-46-11-9-7-2)55-68-60(59(64)65)66-53-52-61(3,4)5/h8,10,13-14,16-17,19-20,22-23,25-26,28-29,31-32,34-35,56,60H,6-7,9,11-12,15,18,21,24,27,30,33,36-55H2,1-5H3/b10-8-,14-13-,17-16-,20-19-,23-22-,26-25-,29-28-,32-31-,35-34-. The number of nitrogens with zero attached hydrogens (tertiary/aromatic N) is 1. The number of aliphatic carboxylic acids is 1. The molecule has 0 amide bonds. The van der Waals surface area contributed by atoms with E-state index in [9.17, 15) is 19.5 Å². The van der Waals surface area contributed by atoms with E-state index in [-0.39, 0.29) is 38.6 Å². The van der Waals surface area contributed by atoms with Crippen LogP contribution in [0.5, 0.6) is 0 Å². The van der Waals surface area contributed by atoms with Gasteiger partial charge in [0, 0.05) is 12.8 Å². The number of allylic oxidation sites excluding steroid dienone is 18. The Morgan fingerprint density at radius 2 is 0.826 bits per heavy atom. The molecule has 9 nitrogen and oxygen atoms in total. The summed E-state index contributed by atoms with van der Waals surface area (Å²) in [7, 11) is 5.89. The molecule has 0 aromatic carbocycles. The van der Waals surface area contributed by atoms with Crippen LogP contribution in [0.2, 0.25) is 0 Å². The first-order valence-corrected chi connectivity index (χ1v) is 27.0. The zero-order valence-electron chi connectivity index (χ0n) is 44.4. The van der Waals surface area contributed by atoms with Crippen LogP contribution < -0.4 is 5.11 Å². The van der Waals surface area contributed by atoms with Gasteiger partial charge in [0.05, 0.1) is 40.3 Å². The molecule has 0 spiro atoms. The molecule has 0 rings (SSSR count). The van der Waals surface area contributed by atoms with Crippen LogP contribution in [0.4, 0.5) is 0 Å². The molecule has 0 N–H and O–H groups in total. The molecule has 0 aromatic rings. The summed E-state index contributed by atoms with van der Waals surface area (Å²) >= 11 is 0.